The number of rotatable bonds is 3. The first kappa shape index (κ1) is 11.6. The van der Waals surface area contributed by atoms with Crippen LogP contribution in [-0.2, 0) is 0 Å². The zero-order valence-corrected chi connectivity index (χ0v) is 9.70. The molecule has 0 spiro atoms. The average Bonchev–Trinajstić information content (AvgIpc) is 2.39. The van der Waals surface area contributed by atoms with Gasteiger partial charge >= 0.3 is 0 Å². The number of methoxy groups -OCH3 is 1. The number of benzene rings is 1. The normalized spacial score (nSPS) is 23.4. The molecule has 2 atom stereocenters. The van der Waals surface area contributed by atoms with Crippen molar-refractivity contribution in [3.63, 3.8) is 0 Å². The minimum atomic E-state index is -0.521. The van der Waals surface area contributed by atoms with Crippen LogP contribution < -0.4 is 4.74 Å². The lowest BCUT2D eigenvalue weighted by molar-refractivity contribution is -0.526. The Bertz CT molecular complexity index is 442. The van der Waals surface area contributed by atoms with Crippen LogP contribution in [0.5, 0.6) is 5.75 Å². The van der Waals surface area contributed by atoms with E-state index >= 15 is 0 Å². The largest absolute Gasteiger partial charge is 0.497 e. The fourth-order valence-electron chi connectivity index (χ4n) is 2.26. The number of nitro groups is 1. The Hall–Kier alpha value is -1.84. The van der Waals surface area contributed by atoms with Gasteiger partial charge in [0, 0.05) is 11.3 Å². The first-order valence-electron chi connectivity index (χ1n) is 5.65. The van der Waals surface area contributed by atoms with Gasteiger partial charge in [-0.15, -0.1) is 0 Å². The molecule has 0 saturated heterocycles. The molecule has 1 aromatic carbocycles. The van der Waals surface area contributed by atoms with E-state index in [4.69, 9.17) is 4.74 Å². The van der Waals surface area contributed by atoms with E-state index in [9.17, 15) is 10.1 Å². The molecule has 2 unspecified atom stereocenters. The molecule has 4 nitrogen and oxygen atoms in total. The highest BCUT2D eigenvalue weighted by Crippen LogP contribution is 2.32. The minimum Gasteiger partial charge on any atom is -0.497 e. The molecule has 0 fully saturated rings. The van der Waals surface area contributed by atoms with Crippen molar-refractivity contribution in [2.45, 2.75) is 24.8 Å². The van der Waals surface area contributed by atoms with Crippen molar-refractivity contribution >= 4 is 0 Å². The molecule has 0 bridgehead atoms. The Morgan fingerprint density at radius 3 is 2.82 bits per heavy atom. The summed E-state index contributed by atoms with van der Waals surface area (Å²) < 4.78 is 5.15. The monoisotopic (exact) mass is 233 g/mol. The summed E-state index contributed by atoms with van der Waals surface area (Å²) in [5.74, 6) is 0.698. The highest BCUT2D eigenvalue weighted by Gasteiger charge is 2.33. The van der Waals surface area contributed by atoms with Gasteiger partial charge in [0.25, 0.3) is 0 Å². The molecule has 1 aliphatic carbocycles. The molecule has 1 aromatic rings. The van der Waals surface area contributed by atoms with E-state index in [1.807, 2.05) is 36.4 Å². The number of allylic oxidation sites excluding steroid dienone is 1. The SMILES string of the molecule is COc1cccc(C2CC=CCC2[N+](=O)[O-])c1. The summed E-state index contributed by atoms with van der Waals surface area (Å²) >= 11 is 0. The Kier molecular flexibility index (Phi) is 3.42. The van der Waals surface area contributed by atoms with E-state index < -0.39 is 6.04 Å². The summed E-state index contributed by atoms with van der Waals surface area (Å²) in [6.45, 7) is 0. The van der Waals surface area contributed by atoms with Gasteiger partial charge in [0.2, 0.25) is 6.04 Å². The van der Waals surface area contributed by atoms with E-state index in [1.54, 1.807) is 7.11 Å². The lowest BCUT2D eigenvalue weighted by atomic mass is 9.84. The number of hydrogen-bond donors (Lipinski definition) is 0. The van der Waals surface area contributed by atoms with Crippen LogP contribution in [0.2, 0.25) is 0 Å². The van der Waals surface area contributed by atoms with Crippen LogP contribution in [0.4, 0.5) is 0 Å². The molecule has 0 aliphatic heterocycles. The predicted molar refractivity (Wildman–Crippen MR) is 64.9 cm³/mol. The number of hydrogen-bond acceptors (Lipinski definition) is 3. The quantitative estimate of drug-likeness (QED) is 0.458. The van der Waals surface area contributed by atoms with E-state index in [2.05, 4.69) is 0 Å². The molecular weight excluding hydrogens is 218 g/mol. The van der Waals surface area contributed by atoms with Crippen molar-refractivity contribution in [1.82, 2.24) is 0 Å². The van der Waals surface area contributed by atoms with Crippen molar-refractivity contribution in [1.29, 1.82) is 0 Å². The summed E-state index contributed by atoms with van der Waals surface area (Å²) in [5, 5.41) is 11.0. The second-order valence-corrected chi connectivity index (χ2v) is 4.18. The van der Waals surface area contributed by atoms with Gasteiger partial charge in [-0.05, 0) is 24.1 Å². The topological polar surface area (TPSA) is 52.4 Å². The fraction of sp³-hybridized carbons (Fsp3) is 0.385. The summed E-state index contributed by atoms with van der Waals surface area (Å²) in [4.78, 5) is 10.9. The van der Waals surface area contributed by atoms with Crippen LogP contribution in [0.15, 0.2) is 36.4 Å². The van der Waals surface area contributed by atoms with E-state index in [0.29, 0.717) is 6.42 Å². The standard InChI is InChI=1S/C13H15NO3/c1-17-11-6-4-5-10(9-11)12-7-2-3-8-13(12)14(15)16/h2-6,9,12-13H,7-8H2,1H3. The van der Waals surface area contributed by atoms with Gasteiger partial charge in [-0.2, -0.15) is 0 Å². The van der Waals surface area contributed by atoms with Crippen LogP contribution >= 0.6 is 0 Å². The third kappa shape index (κ3) is 2.46. The molecule has 0 saturated carbocycles. The van der Waals surface area contributed by atoms with Crippen molar-refractivity contribution in [3.05, 3.63) is 52.1 Å². The zero-order valence-electron chi connectivity index (χ0n) is 9.70. The van der Waals surface area contributed by atoms with Crippen LogP contribution in [0.3, 0.4) is 0 Å². The first-order valence-corrected chi connectivity index (χ1v) is 5.65. The van der Waals surface area contributed by atoms with E-state index in [-0.39, 0.29) is 10.8 Å². The Labute approximate surface area is 100 Å². The van der Waals surface area contributed by atoms with Crippen LogP contribution in [0, 0.1) is 10.1 Å². The molecular formula is C13H15NO3. The summed E-state index contributed by atoms with van der Waals surface area (Å²) in [6, 6.07) is 7.03. The first-order chi connectivity index (χ1) is 8.22. The van der Waals surface area contributed by atoms with Gasteiger partial charge in [0.05, 0.1) is 13.0 Å². The third-order valence-corrected chi connectivity index (χ3v) is 3.19. The molecule has 0 radical (unpaired) electrons. The Morgan fingerprint density at radius 2 is 2.12 bits per heavy atom. The lowest BCUT2D eigenvalue weighted by Crippen LogP contribution is -2.28. The number of nitrogens with zero attached hydrogens (tertiary/aromatic N) is 1. The molecule has 2 rings (SSSR count). The molecule has 4 heteroatoms. The third-order valence-electron chi connectivity index (χ3n) is 3.19. The highest BCUT2D eigenvalue weighted by molar-refractivity contribution is 5.32. The maximum Gasteiger partial charge on any atom is 0.223 e. The second kappa shape index (κ2) is 4.99. The maximum atomic E-state index is 11.0. The van der Waals surface area contributed by atoms with Gasteiger partial charge in [-0.25, -0.2) is 0 Å². The van der Waals surface area contributed by atoms with Gasteiger partial charge in [-0.1, -0.05) is 24.3 Å². The highest BCUT2D eigenvalue weighted by atomic mass is 16.6. The summed E-state index contributed by atoms with van der Waals surface area (Å²) in [7, 11) is 1.60. The fourth-order valence-corrected chi connectivity index (χ4v) is 2.26. The molecule has 0 heterocycles. The molecule has 0 N–H and O–H groups in total. The summed E-state index contributed by atoms with van der Waals surface area (Å²) in [6.07, 6.45) is 5.14. The predicted octanol–water partition coefficient (Wildman–Crippen LogP) is 2.77. The number of ether oxygens (including phenoxy) is 1. The minimum absolute atomic E-state index is 0.0508. The van der Waals surface area contributed by atoms with Crippen molar-refractivity contribution in [3.8, 4) is 5.75 Å². The van der Waals surface area contributed by atoms with Crippen molar-refractivity contribution < 1.29 is 9.66 Å². The molecule has 0 amide bonds. The summed E-state index contributed by atoms with van der Waals surface area (Å²) in [5.41, 5.74) is 0.982. The lowest BCUT2D eigenvalue weighted by Gasteiger charge is -2.22. The van der Waals surface area contributed by atoms with Crippen molar-refractivity contribution in [2.24, 2.45) is 0 Å². The molecule has 0 aromatic heterocycles. The molecule has 90 valence electrons. The van der Waals surface area contributed by atoms with Gasteiger partial charge in [-0.3, -0.25) is 10.1 Å². The van der Waals surface area contributed by atoms with Gasteiger partial charge < -0.3 is 4.74 Å². The maximum absolute atomic E-state index is 11.0. The van der Waals surface area contributed by atoms with Gasteiger partial charge in [0.1, 0.15) is 5.75 Å². The Morgan fingerprint density at radius 1 is 1.35 bits per heavy atom. The smallest absolute Gasteiger partial charge is 0.223 e. The van der Waals surface area contributed by atoms with E-state index in [1.165, 1.54) is 0 Å². The van der Waals surface area contributed by atoms with Crippen molar-refractivity contribution in [2.75, 3.05) is 7.11 Å². The molecule has 17 heavy (non-hydrogen) atoms. The van der Waals surface area contributed by atoms with E-state index in [0.717, 1.165) is 17.7 Å². The van der Waals surface area contributed by atoms with Crippen LogP contribution in [0.25, 0.3) is 0 Å². The zero-order chi connectivity index (χ0) is 12.3. The Balaban J connectivity index is 2.30. The van der Waals surface area contributed by atoms with Crippen LogP contribution in [-0.4, -0.2) is 18.1 Å². The van der Waals surface area contributed by atoms with Crippen LogP contribution in [0.1, 0.15) is 24.3 Å². The van der Waals surface area contributed by atoms with Gasteiger partial charge in [0.15, 0.2) is 0 Å². The second-order valence-electron chi connectivity index (χ2n) is 4.18. The average molecular weight is 233 g/mol. The molecule has 1 aliphatic rings.